The molecule has 2 nitrogen and oxygen atoms in total. The minimum Gasteiger partial charge on any atom is -0.366 e. The highest BCUT2D eigenvalue weighted by molar-refractivity contribution is 5.59. The first-order valence-corrected chi connectivity index (χ1v) is 6.17. The highest BCUT2D eigenvalue weighted by atomic mass is 15.2. The van der Waals surface area contributed by atoms with Crippen molar-refractivity contribution in [3.63, 3.8) is 0 Å². The van der Waals surface area contributed by atoms with E-state index >= 15 is 0 Å². The Hall–Kier alpha value is -1.02. The van der Waals surface area contributed by atoms with Crippen molar-refractivity contribution in [2.45, 2.75) is 45.2 Å². The van der Waals surface area contributed by atoms with Crippen molar-refractivity contribution in [3.05, 3.63) is 29.8 Å². The number of anilines is 1. The zero-order chi connectivity index (χ0) is 11.8. The van der Waals surface area contributed by atoms with Gasteiger partial charge in [-0.3, -0.25) is 0 Å². The number of nitrogens with two attached hydrogens (primary N) is 1. The predicted molar refractivity (Wildman–Crippen MR) is 69.8 cm³/mol. The minimum absolute atomic E-state index is 0.0916. The van der Waals surface area contributed by atoms with E-state index in [1.54, 1.807) is 0 Å². The van der Waals surface area contributed by atoms with Gasteiger partial charge < -0.3 is 10.6 Å². The van der Waals surface area contributed by atoms with Gasteiger partial charge in [-0.25, -0.2) is 0 Å². The Morgan fingerprint density at radius 1 is 1.44 bits per heavy atom. The molecule has 1 aliphatic rings. The van der Waals surface area contributed by atoms with Gasteiger partial charge in [0, 0.05) is 23.8 Å². The molecule has 2 unspecified atom stereocenters. The fraction of sp³-hybridized carbons (Fsp3) is 0.571. The molecule has 2 heteroatoms. The van der Waals surface area contributed by atoms with Crippen LogP contribution in [0.2, 0.25) is 0 Å². The number of benzene rings is 1. The summed E-state index contributed by atoms with van der Waals surface area (Å²) in [5.41, 5.74) is 9.02. The second-order valence-electron chi connectivity index (χ2n) is 5.32. The maximum absolute atomic E-state index is 6.27. The summed E-state index contributed by atoms with van der Waals surface area (Å²) in [6, 6.07) is 9.25. The van der Waals surface area contributed by atoms with E-state index in [4.69, 9.17) is 5.73 Å². The fourth-order valence-corrected chi connectivity index (χ4v) is 2.37. The van der Waals surface area contributed by atoms with Crippen molar-refractivity contribution >= 4 is 5.69 Å². The summed E-state index contributed by atoms with van der Waals surface area (Å²) in [7, 11) is 0. The van der Waals surface area contributed by atoms with E-state index in [0.29, 0.717) is 6.04 Å². The van der Waals surface area contributed by atoms with Gasteiger partial charge in [-0.2, -0.15) is 0 Å². The van der Waals surface area contributed by atoms with Gasteiger partial charge in [-0.15, -0.1) is 0 Å². The molecule has 2 N–H and O–H groups in total. The molecule has 1 heterocycles. The van der Waals surface area contributed by atoms with Gasteiger partial charge in [0.1, 0.15) is 0 Å². The number of hydrogen-bond donors (Lipinski definition) is 1. The lowest BCUT2D eigenvalue weighted by Gasteiger charge is -2.33. The first kappa shape index (κ1) is 11.5. The Bertz CT molecular complexity index is 371. The number of fused-ring (bicyclic) bond motifs is 1. The third kappa shape index (κ3) is 2.07. The van der Waals surface area contributed by atoms with Gasteiger partial charge in [0.05, 0.1) is 0 Å². The monoisotopic (exact) mass is 218 g/mol. The molecule has 0 radical (unpaired) electrons. The molecule has 88 valence electrons. The molecule has 0 aromatic heterocycles. The highest BCUT2D eigenvalue weighted by Crippen LogP contribution is 2.32. The Morgan fingerprint density at radius 3 is 2.81 bits per heavy atom. The Labute approximate surface area is 98.4 Å². The summed E-state index contributed by atoms with van der Waals surface area (Å²) in [5, 5.41) is 0. The van der Waals surface area contributed by atoms with E-state index in [1.165, 1.54) is 11.3 Å². The topological polar surface area (TPSA) is 29.3 Å². The normalized spacial score (nSPS) is 23.0. The van der Waals surface area contributed by atoms with Crippen LogP contribution in [0, 0.1) is 0 Å². The zero-order valence-corrected chi connectivity index (χ0v) is 10.5. The van der Waals surface area contributed by atoms with E-state index in [1.807, 2.05) is 0 Å². The molecule has 2 atom stereocenters. The molecule has 0 saturated carbocycles. The lowest BCUT2D eigenvalue weighted by atomic mass is 9.99. The maximum atomic E-state index is 6.27. The van der Waals surface area contributed by atoms with E-state index in [0.717, 1.165) is 19.4 Å². The summed E-state index contributed by atoms with van der Waals surface area (Å²) in [5.74, 6) is 0. The van der Waals surface area contributed by atoms with Gasteiger partial charge in [-0.05, 0) is 38.3 Å². The molecule has 1 aromatic rings. The first-order chi connectivity index (χ1) is 7.53. The summed E-state index contributed by atoms with van der Waals surface area (Å²) < 4.78 is 0. The van der Waals surface area contributed by atoms with Crippen molar-refractivity contribution in [1.82, 2.24) is 0 Å². The Kier molecular flexibility index (Phi) is 2.94. The van der Waals surface area contributed by atoms with Crippen molar-refractivity contribution in [1.29, 1.82) is 0 Å². The average Bonchev–Trinajstić information content (AvgIpc) is 2.56. The molecule has 2 rings (SSSR count). The van der Waals surface area contributed by atoms with E-state index < -0.39 is 0 Å². The number of para-hydroxylation sites is 1. The standard InChI is InChI=1S/C14H22N2/c1-4-14(3,15)10-16-11(2)9-12-7-5-6-8-13(12)16/h5-8,11H,4,9-10,15H2,1-3H3. The molecule has 0 bridgehead atoms. The molecular weight excluding hydrogens is 196 g/mol. The highest BCUT2D eigenvalue weighted by Gasteiger charge is 2.29. The Balaban J connectivity index is 2.22. The smallest absolute Gasteiger partial charge is 0.0402 e. The molecule has 0 fully saturated rings. The van der Waals surface area contributed by atoms with Crippen LogP contribution in [0.3, 0.4) is 0 Å². The minimum atomic E-state index is -0.0916. The van der Waals surface area contributed by atoms with Gasteiger partial charge in [0.2, 0.25) is 0 Å². The van der Waals surface area contributed by atoms with Crippen LogP contribution in [-0.2, 0) is 6.42 Å². The molecule has 0 saturated heterocycles. The van der Waals surface area contributed by atoms with Gasteiger partial charge >= 0.3 is 0 Å². The average molecular weight is 218 g/mol. The van der Waals surface area contributed by atoms with Gasteiger partial charge in [-0.1, -0.05) is 25.1 Å². The van der Waals surface area contributed by atoms with Crippen LogP contribution in [0.1, 0.15) is 32.8 Å². The van der Waals surface area contributed by atoms with Crippen LogP contribution in [0.15, 0.2) is 24.3 Å². The molecule has 16 heavy (non-hydrogen) atoms. The number of hydrogen-bond acceptors (Lipinski definition) is 2. The van der Waals surface area contributed by atoms with Crippen molar-refractivity contribution in [3.8, 4) is 0 Å². The largest absolute Gasteiger partial charge is 0.366 e. The third-order valence-corrected chi connectivity index (χ3v) is 3.69. The fourth-order valence-electron chi connectivity index (χ4n) is 2.37. The summed E-state index contributed by atoms with van der Waals surface area (Å²) in [6.45, 7) is 7.53. The third-order valence-electron chi connectivity index (χ3n) is 3.69. The molecule has 0 aliphatic carbocycles. The molecule has 1 aromatic carbocycles. The lowest BCUT2D eigenvalue weighted by molar-refractivity contribution is 0.434. The SMILES string of the molecule is CCC(C)(N)CN1c2ccccc2CC1C. The molecule has 0 spiro atoms. The number of nitrogens with zero attached hydrogens (tertiary/aromatic N) is 1. The van der Waals surface area contributed by atoms with Crippen LogP contribution in [-0.4, -0.2) is 18.1 Å². The van der Waals surface area contributed by atoms with E-state index in [9.17, 15) is 0 Å². The maximum Gasteiger partial charge on any atom is 0.0402 e. The summed E-state index contributed by atoms with van der Waals surface area (Å²) >= 11 is 0. The van der Waals surface area contributed by atoms with Crippen LogP contribution in [0.5, 0.6) is 0 Å². The van der Waals surface area contributed by atoms with Crippen LogP contribution >= 0.6 is 0 Å². The van der Waals surface area contributed by atoms with Crippen molar-refractivity contribution in [2.24, 2.45) is 5.73 Å². The second-order valence-corrected chi connectivity index (χ2v) is 5.32. The second kappa shape index (κ2) is 4.10. The molecule has 1 aliphatic heterocycles. The quantitative estimate of drug-likeness (QED) is 0.845. The zero-order valence-electron chi connectivity index (χ0n) is 10.5. The summed E-state index contributed by atoms with van der Waals surface area (Å²) in [6.07, 6.45) is 2.16. The van der Waals surface area contributed by atoms with Crippen LogP contribution in [0.4, 0.5) is 5.69 Å². The summed E-state index contributed by atoms with van der Waals surface area (Å²) in [4.78, 5) is 2.46. The van der Waals surface area contributed by atoms with E-state index in [2.05, 4.69) is 49.9 Å². The molecule has 0 amide bonds. The van der Waals surface area contributed by atoms with Crippen molar-refractivity contribution in [2.75, 3.05) is 11.4 Å². The predicted octanol–water partition coefficient (Wildman–Crippen LogP) is 2.57. The van der Waals surface area contributed by atoms with E-state index in [-0.39, 0.29) is 5.54 Å². The Morgan fingerprint density at radius 2 is 2.12 bits per heavy atom. The van der Waals surface area contributed by atoms with Crippen molar-refractivity contribution < 1.29 is 0 Å². The lowest BCUT2D eigenvalue weighted by Crippen LogP contribution is -2.49. The number of rotatable bonds is 3. The van der Waals surface area contributed by atoms with Gasteiger partial charge in [0.15, 0.2) is 0 Å². The van der Waals surface area contributed by atoms with Crippen LogP contribution in [0.25, 0.3) is 0 Å². The van der Waals surface area contributed by atoms with Crippen LogP contribution < -0.4 is 10.6 Å². The van der Waals surface area contributed by atoms with Gasteiger partial charge in [0.25, 0.3) is 0 Å². The molecular formula is C14H22N2. The first-order valence-electron chi connectivity index (χ1n) is 6.17.